The Morgan fingerprint density at radius 2 is 1.90 bits per heavy atom. The number of hydrogen-bond donors (Lipinski definition) is 0. The van der Waals surface area contributed by atoms with Gasteiger partial charge in [-0.3, -0.25) is 0 Å². The van der Waals surface area contributed by atoms with Crippen molar-refractivity contribution in [2.75, 3.05) is 25.6 Å². The van der Waals surface area contributed by atoms with Gasteiger partial charge in [-0.15, -0.1) is 11.6 Å². The maximum absolute atomic E-state index is 12.8. The molecule has 1 aliphatic carbocycles. The first-order valence-corrected chi connectivity index (χ1v) is 9.08. The molecule has 1 aromatic carbocycles. The second kappa shape index (κ2) is 6.02. The van der Waals surface area contributed by atoms with Gasteiger partial charge in [0.05, 0.1) is 4.90 Å². The fourth-order valence-electron chi connectivity index (χ4n) is 2.58. The Bertz CT molecular complexity index is 615. The largest absolute Gasteiger partial charge is 0.486 e. The van der Waals surface area contributed by atoms with Gasteiger partial charge >= 0.3 is 0 Å². The third-order valence-electron chi connectivity index (χ3n) is 3.91. The van der Waals surface area contributed by atoms with Crippen LogP contribution in [0.1, 0.15) is 19.3 Å². The van der Waals surface area contributed by atoms with Gasteiger partial charge in [-0.05, 0) is 25.0 Å². The predicted molar refractivity (Wildman–Crippen MR) is 79.7 cm³/mol. The number of sulfonamides is 1. The first-order chi connectivity index (χ1) is 10.1. The fourth-order valence-corrected chi connectivity index (χ4v) is 4.56. The number of fused-ring (bicyclic) bond motifs is 1. The van der Waals surface area contributed by atoms with Crippen LogP contribution in [0.3, 0.4) is 0 Å². The smallest absolute Gasteiger partial charge is 0.243 e. The van der Waals surface area contributed by atoms with Crippen LogP contribution in [0.4, 0.5) is 0 Å². The van der Waals surface area contributed by atoms with Crippen molar-refractivity contribution in [2.45, 2.75) is 30.2 Å². The Labute approximate surface area is 129 Å². The van der Waals surface area contributed by atoms with Crippen molar-refractivity contribution in [1.82, 2.24) is 4.31 Å². The summed E-state index contributed by atoms with van der Waals surface area (Å²) in [6.45, 7) is 1.26. The zero-order valence-electron chi connectivity index (χ0n) is 11.6. The first-order valence-electron chi connectivity index (χ1n) is 7.10. The molecule has 3 rings (SSSR count). The van der Waals surface area contributed by atoms with E-state index in [1.165, 1.54) is 4.31 Å². The van der Waals surface area contributed by atoms with Gasteiger partial charge in [-0.1, -0.05) is 6.42 Å². The number of hydrogen-bond acceptors (Lipinski definition) is 4. The summed E-state index contributed by atoms with van der Waals surface area (Å²) in [5.74, 6) is 1.37. The van der Waals surface area contributed by atoms with Crippen LogP contribution < -0.4 is 9.47 Å². The molecule has 1 fully saturated rings. The van der Waals surface area contributed by atoms with Crippen molar-refractivity contribution in [2.24, 2.45) is 0 Å². The Morgan fingerprint density at radius 3 is 2.52 bits per heavy atom. The van der Waals surface area contributed by atoms with E-state index >= 15 is 0 Å². The van der Waals surface area contributed by atoms with Crippen molar-refractivity contribution in [3.63, 3.8) is 0 Å². The average Bonchev–Trinajstić information content (AvgIpc) is 2.44. The molecule has 21 heavy (non-hydrogen) atoms. The Kier molecular flexibility index (Phi) is 4.28. The number of halogens is 1. The lowest BCUT2D eigenvalue weighted by molar-refractivity contribution is 0.171. The molecule has 0 unspecified atom stereocenters. The predicted octanol–water partition coefficient (Wildman–Crippen LogP) is 2.24. The van der Waals surface area contributed by atoms with E-state index < -0.39 is 10.0 Å². The van der Waals surface area contributed by atoms with Crippen LogP contribution in [-0.4, -0.2) is 44.4 Å². The molecular formula is C14H18ClNO4S. The van der Waals surface area contributed by atoms with Crippen LogP contribution in [-0.2, 0) is 10.0 Å². The molecule has 0 radical (unpaired) electrons. The highest BCUT2D eigenvalue weighted by Gasteiger charge is 2.35. The zero-order valence-corrected chi connectivity index (χ0v) is 13.2. The SMILES string of the molecule is O=S(=O)(c1ccc2c(c1)OCCO2)N(CCCl)C1CCC1. The van der Waals surface area contributed by atoms with Gasteiger partial charge in [0.2, 0.25) is 10.0 Å². The lowest BCUT2D eigenvalue weighted by Gasteiger charge is -2.36. The van der Waals surface area contributed by atoms with Crippen molar-refractivity contribution in [1.29, 1.82) is 0 Å². The van der Waals surface area contributed by atoms with E-state index in [2.05, 4.69) is 0 Å². The number of benzene rings is 1. The minimum atomic E-state index is -3.54. The molecule has 1 heterocycles. The Morgan fingerprint density at radius 1 is 1.19 bits per heavy atom. The van der Waals surface area contributed by atoms with E-state index in [-0.39, 0.29) is 10.9 Å². The second-order valence-electron chi connectivity index (χ2n) is 5.19. The maximum Gasteiger partial charge on any atom is 0.243 e. The van der Waals surface area contributed by atoms with Gasteiger partial charge in [0, 0.05) is 24.5 Å². The van der Waals surface area contributed by atoms with E-state index in [4.69, 9.17) is 21.1 Å². The summed E-state index contributed by atoms with van der Waals surface area (Å²) in [4.78, 5) is 0.240. The molecule has 0 amide bonds. The van der Waals surface area contributed by atoms with Gasteiger partial charge in [0.1, 0.15) is 13.2 Å². The van der Waals surface area contributed by atoms with Crippen molar-refractivity contribution in [3.8, 4) is 11.5 Å². The minimum Gasteiger partial charge on any atom is -0.486 e. The normalized spacial score (nSPS) is 18.6. The number of rotatable bonds is 5. The lowest BCUT2D eigenvalue weighted by Crippen LogP contribution is -2.45. The van der Waals surface area contributed by atoms with Crippen LogP contribution in [0.25, 0.3) is 0 Å². The van der Waals surface area contributed by atoms with Crippen LogP contribution in [0.5, 0.6) is 11.5 Å². The topological polar surface area (TPSA) is 55.8 Å². The summed E-state index contributed by atoms with van der Waals surface area (Å²) in [6, 6.07) is 4.84. The molecular weight excluding hydrogens is 314 g/mol. The highest BCUT2D eigenvalue weighted by atomic mass is 35.5. The summed E-state index contributed by atoms with van der Waals surface area (Å²) >= 11 is 5.78. The molecule has 7 heteroatoms. The molecule has 0 bridgehead atoms. The van der Waals surface area contributed by atoms with E-state index in [1.54, 1.807) is 18.2 Å². The van der Waals surface area contributed by atoms with E-state index in [9.17, 15) is 8.42 Å². The van der Waals surface area contributed by atoms with Gasteiger partial charge in [-0.2, -0.15) is 4.31 Å². The summed E-state index contributed by atoms with van der Waals surface area (Å²) in [5.41, 5.74) is 0. The third-order valence-corrected chi connectivity index (χ3v) is 6.02. The molecule has 0 spiro atoms. The second-order valence-corrected chi connectivity index (χ2v) is 7.46. The average molecular weight is 332 g/mol. The van der Waals surface area contributed by atoms with E-state index in [0.717, 1.165) is 19.3 Å². The first kappa shape index (κ1) is 14.9. The Hall–Kier alpha value is -0.980. The highest BCUT2D eigenvalue weighted by molar-refractivity contribution is 7.89. The molecule has 0 aromatic heterocycles. The van der Waals surface area contributed by atoms with E-state index in [1.807, 2.05) is 0 Å². The number of ether oxygens (including phenoxy) is 2. The molecule has 1 saturated carbocycles. The Balaban J connectivity index is 1.92. The quantitative estimate of drug-likeness (QED) is 0.776. The summed E-state index contributed by atoms with van der Waals surface area (Å²) in [7, 11) is -3.54. The number of nitrogens with zero attached hydrogens (tertiary/aromatic N) is 1. The van der Waals surface area contributed by atoms with Crippen LogP contribution >= 0.6 is 11.6 Å². The van der Waals surface area contributed by atoms with Gasteiger partial charge in [-0.25, -0.2) is 8.42 Å². The molecule has 2 aliphatic rings. The molecule has 116 valence electrons. The van der Waals surface area contributed by atoms with Gasteiger partial charge < -0.3 is 9.47 Å². The minimum absolute atomic E-state index is 0.0713. The summed E-state index contributed by atoms with van der Waals surface area (Å²) in [5, 5.41) is 0. The molecule has 0 N–H and O–H groups in total. The molecule has 0 saturated heterocycles. The maximum atomic E-state index is 12.8. The summed E-state index contributed by atoms with van der Waals surface area (Å²) < 4.78 is 38.0. The van der Waals surface area contributed by atoms with E-state index in [0.29, 0.717) is 37.1 Å². The number of alkyl halides is 1. The summed E-state index contributed by atoms with van der Waals surface area (Å²) in [6.07, 6.45) is 2.88. The third kappa shape index (κ3) is 2.84. The van der Waals surface area contributed by atoms with Crippen LogP contribution in [0, 0.1) is 0 Å². The van der Waals surface area contributed by atoms with Crippen LogP contribution in [0.2, 0.25) is 0 Å². The van der Waals surface area contributed by atoms with Crippen molar-refractivity contribution < 1.29 is 17.9 Å². The fraction of sp³-hybridized carbons (Fsp3) is 0.571. The molecule has 1 aliphatic heterocycles. The molecule has 5 nitrogen and oxygen atoms in total. The monoisotopic (exact) mass is 331 g/mol. The van der Waals surface area contributed by atoms with Gasteiger partial charge in [0.25, 0.3) is 0 Å². The van der Waals surface area contributed by atoms with Crippen molar-refractivity contribution >= 4 is 21.6 Å². The van der Waals surface area contributed by atoms with Crippen molar-refractivity contribution in [3.05, 3.63) is 18.2 Å². The zero-order chi connectivity index (χ0) is 14.9. The highest BCUT2D eigenvalue weighted by Crippen LogP contribution is 2.35. The molecule has 1 aromatic rings. The standard InChI is InChI=1S/C14H18ClNO4S/c15-6-7-16(11-2-1-3-11)21(17,18)12-4-5-13-14(10-12)20-9-8-19-13/h4-5,10-11H,1-3,6-9H2. The lowest BCUT2D eigenvalue weighted by atomic mass is 9.93. The molecule has 0 atom stereocenters. The van der Waals surface area contributed by atoms with Crippen LogP contribution in [0.15, 0.2) is 23.1 Å². The van der Waals surface area contributed by atoms with Gasteiger partial charge in [0.15, 0.2) is 11.5 Å².